The Morgan fingerprint density at radius 2 is 1.90 bits per heavy atom. The molecule has 0 heterocycles. The maximum atomic E-state index is 12.7. The summed E-state index contributed by atoms with van der Waals surface area (Å²) in [6, 6.07) is 5.10. The van der Waals surface area contributed by atoms with Crippen LogP contribution in [0, 0.1) is 5.92 Å². The molecule has 1 rings (SSSR count). The van der Waals surface area contributed by atoms with Crippen molar-refractivity contribution in [3.05, 3.63) is 35.4 Å². The van der Waals surface area contributed by atoms with Gasteiger partial charge in [-0.2, -0.15) is 13.2 Å². The average molecular weight is 303 g/mol. The fraction of sp³-hybridized carbons (Fsp3) is 0.533. The van der Waals surface area contributed by atoms with E-state index >= 15 is 0 Å². The molecule has 0 bridgehead atoms. The first kappa shape index (κ1) is 17.5. The molecule has 3 atom stereocenters. The van der Waals surface area contributed by atoms with Crippen LogP contribution in [0.4, 0.5) is 13.2 Å². The van der Waals surface area contributed by atoms with Crippen molar-refractivity contribution in [2.75, 3.05) is 0 Å². The molecule has 1 aromatic rings. The van der Waals surface area contributed by atoms with E-state index in [1.807, 2.05) is 0 Å². The van der Waals surface area contributed by atoms with E-state index in [-0.39, 0.29) is 18.3 Å². The Labute approximate surface area is 122 Å². The number of carbonyl (C=O) groups is 1. The van der Waals surface area contributed by atoms with Gasteiger partial charge in [0, 0.05) is 0 Å². The van der Waals surface area contributed by atoms with Gasteiger partial charge in [0.25, 0.3) is 0 Å². The molecule has 6 heteroatoms. The topological polar surface area (TPSA) is 63.3 Å². The molecule has 0 saturated heterocycles. The molecule has 0 aromatic heterocycles. The quantitative estimate of drug-likeness (QED) is 0.873. The lowest BCUT2D eigenvalue weighted by Crippen LogP contribution is -2.46. The molecule has 0 spiro atoms. The number of rotatable bonds is 5. The summed E-state index contributed by atoms with van der Waals surface area (Å²) in [5.74, 6) is -1.51. The first-order valence-corrected chi connectivity index (χ1v) is 6.64. The Morgan fingerprint density at radius 3 is 2.38 bits per heavy atom. The number of alkyl halides is 3. The Kier molecular flexibility index (Phi) is 5.04. The van der Waals surface area contributed by atoms with Crippen molar-refractivity contribution < 1.29 is 23.1 Å². The van der Waals surface area contributed by atoms with Gasteiger partial charge in [0.05, 0.1) is 5.56 Å². The molecule has 0 radical (unpaired) electrons. The van der Waals surface area contributed by atoms with Crippen molar-refractivity contribution in [3.63, 3.8) is 0 Å². The molecule has 0 amide bonds. The third kappa shape index (κ3) is 4.46. The molecule has 118 valence electrons. The van der Waals surface area contributed by atoms with E-state index in [1.54, 1.807) is 19.9 Å². The van der Waals surface area contributed by atoms with Crippen molar-refractivity contribution in [2.24, 2.45) is 11.7 Å². The fourth-order valence-electron chi connectivity index (χ4n) is 2.26. The first-order chi connectivity index (χ1) is 9.45. The largest absolute Gasteiger partial charge is 0.480 e. The highest BCUT2D eigenvalue weighted by Crippen LogP contribution is 2.34. The third-order valence-corrected chi connectivity index (χ3v) is 3.83. The molecular weight excluding hydrogens is 283 g/mol. The van der Waals surface area contributed by atoms with Crippen LogP contribution in [0.5, 0.6) is 0 Å². The van der Waals surface area contributed by atoms with Gasteiger partial charge in [-0.1, -0.05) is 32.0 Å². The molecule has 0 aliphatic rings. The normalized spacial score (nSPS) is 17.9. The predicted octanol–water partition coefficient (Wildman–Crippen LogP) is 3.64. The number of hydrogen-bond acceptors (Lipinski definition) is 2. The average Bonchev–Trinajstić information content (AvgIpc) is 2.36. The van der Waals surface area contributed by atoms with Crippen LogP contribution in [0.1, 0.15) is 44.2 Å². The summed E-state index contributed by atoms with van der Waals surface area (Å²) in [7, 11) is 0. The van der Waals surface area contributed by atoms with Gasteiger partial charge in [-0.25, -0.2) is 0 Å². The highest BCUT2D eigenvalue weighted by molar-refractivity contribution is 5.77. The maximum Gasteiger partial charge on any atom is 0.416 e. The van der Waals surface area contributed by atoms with Crippen molar-refractivity contribution in [3.8, 4) is 0 Å². The zero-order valence-corrected chi connectivity index (χ0v) is 12.2. The number of halogens is 3. The highest BCUT2D eigenvalue weighted by atomic mass is 19.4. The molecule has 0 saturated carbocycles. The van der Waals surface area contributed by atoms with E-state index in [1.165, 1.54) is 13.0 Å². The monoisotopic (exact) mass is 303 g/mol. The van der Waals surface area contributed by atoms with Gasteiger partial charge in [0.1, 0.15) is 5.54 Å². The van der Waals surface area contributed by atoms with Crippen molar-refractivity contribution >= 4 is 5.97 Å². The van der Waals surface area contributed by atoms with Gasteiger partial charge < -0.3 is 10.8 Å². The van der Waals surface area contributed by atoms with Crippen LogP contribution in [0.2, 0.25) is 0 Å². The van der Waals surface area contributed by atoms with Crippen LogP contribution in [0.25, 0.3) is 0 Å². The van der Waals surface area contributed by atoms with Crippen LogP contribution in [0.3, 0.4) is 0 Å². The lowest BCUT2D eigenvalue weighted by atomic mass is 9.80. The summed E-state index contributed by atoms with van der Waals surface area (Å²) in [4.78, 5) is 11.0. The zero-order valence-electron chi connectivity index (χ0n) is 12.2. The molecule has 0 aliphatic heterocycles. The van der Waals surface area contributed by atoms with E-state index in [2.05, 4.69) is 0 Å². The molecule has 3 nitrogen and oxygen atoms in total. The molecule has 21 heavy (non-hydrogen) atoms. The smallest absolute Gasteiger partial charge is 0.416 e. The van der Waals surface area contributed by atoms with E-state index in [4.69, 9.17) is 10.8 Å². The van der Waals surface area contributed by atoms with Crippen molar-refractivity contribution in [2.45, 2.75) is 44.8 Å². The summed E-state index contributed by atoms with van der Waals surface area (Å²) < 4.78 is 38.1. The van der Waals surface area contributed by atoms with Crippen LogP contribution in [0.15, 0.2) is 24.3 Å². The minimum atomic E-state index is -4.39. The predicted molar refractivity (Wildman–Crippen MR) is 73.9 cm³/mol. The SMILES string of the molecule is CC(CC(C)(N)C(=O)O)C(C)c1cccc(C(F)(F)F)c1. The Morgan fingerprint density at radius 1 is 1.33 bits per heavy atom. The first-order valence-electron chi connectivity index (χ1n) is 6.64. The molecule has 3 N–H and O–H groups in total. The Bertz CT molecular complexity index is 512. The molecule has 0 aliphatic carbocycles. The number of benzene rings is 1. The number of aliphatic carboxylic acids is 1. The summed E-state index contributed by atoms with van der Waals surface area (Å²) in [5, 5.41) is 9.02. The summed E-state index contributed by atoms with van der Waals surface area (Å²) in [5.41, 5.74) is 4.13. The minimum absolute atomic E-state index is 0.167. The van der Waals surface area contributed by atoms with Crippen molar-refractivity contribution in [1.29, 1.82) is 0 Å². The zero-order chi connectivity index (χ0) is 16.4. The van der Waals surface area contributed by atoms with Crippen LogP contribution in [-0.4, -0.2) is 16.6 Å². The molecular formula is C15H20F3NO2. The maximum absolute atomic E-state index is 12.7. The lowest BCUT2D eigenvalue weighted by Gasteiger charge is -2.28. The van der Waals surface area contributed by atoms with Gasteiger partial charge in [-0.3, -0.25) is 4.79 Å². The van der Waals surface area contributed by atoms with E-state index < -0.39 is 23.2 Å². The fourth-order valence-corrected chi connectivity index (χ4v) is 2.26. The molecule has 1 aromatic carbocycles. The van der Waals surface area contributed by atoms with Gasteiger partial charge >= 0.3 is 12.1 Å². The Hall–Kier alpha value is -1.56. The van der Waals surface area contributed by atoms with Gasteiger partial charge in [0.15, 0.2) is 0 Å². The van der Waals surface area contributed by atoms with E-state index in [0.717, 1.165) is 12.1 Å². The number of carboxylic acids is 1. The minimum Gasteiger partial charge on any atom is -0.480 e. The third-order valence-electron chi connectivity index (χ3n) is 3.83. The summed E-state index contributed by atoms with van der Waals surface area (Å²) >= 11 is 0. The van der Waals surface area contributed by atoms with Gasteiger partial charge in [-0.15, -0.1) is 0 Å². The molecule has 0 fully saturated rings. The Balaban J connectivity index is 2.93. The van der Waals surface area contributed by atoms with Crippen molar-refractivity contribution in [1.82, 2.24) is 0 Å². The number of hydrogen-bond donors (Lipinski definition) is 2. The highest BCUT2D eigenvalue weighted by Gasteiger charge is 2.33. The van der Waals surface area contributed by atoms with Crippen LogP contribution in [-0.2, 0) is 11.0 Å². The van der Waals surface area contributed by atoms with Crippen LogP contribution < -0.4 is 5.73 Å². The van der Waals surface area contributed by atoms with Crippen LogP contribution >= 0.6 is 0 Å². The lowest BCUT2D eigenvalue weighted by molar-refractivity contribution is -0.143. The summed E-state index contributed by atoms with van der Waals surface area (Å²) in [6.07, 6.45) is -4.21. The molecule has 3 unspecified atom stereocenters. The van der Waals surface area contributed by atoms with E-state index in [9.17, 15) is 18.0 Å². The number of nitrogens with two attached hydrogens (primary N) is 1. The standard InChI is InChI=1S/C15H20F3NO2/c1-9(8-14(3,19)13(20)21)10(2)11-5-4-6-12(7-11)15(16,17)18/h4-7,9-10H,8,19H2,1-3H3,(H,20,21). The summed E-state index contributed by atoms with van der Waals surface area (Å²) in [6.45, 7) is 4.97. The second kappa shape index (κ2) is 6.05. The van der Waals surface area contributed by atoms with Gasteiger partial charge in [-0.05, 0) is 36.8 Å². The second-order valence-corrected chi connectivity index (χ2v) is 5.82. The second-order valence-electron chi connectivity index (χ2n) is 5.82. The number of carboxylic acid groups (broad SMARTS) is 1. The van der Waals surface area contributed by atoms with E-state index in [0.29, 0.717) is 5.56 Å². The van der Waals surface area contributed by atoms with Gasteiger partial charge in [0.2, 0.25) is 0 Å².